The largest absolute Gasteiger partial charge is 0.316 e. The second-order valence-corrected chi connectivity index (χ2v) is 5.38. The standard InChI is InChI=1S/C16H26N2/c1-3-13-6-8-15(9-7-13)16(17-2)11-14-5-4-10-18-12-14/h6-9,14,16-18H,3-5,10-12H2,1-2H3. The number of benzene rings is 1. The molecular weight excluding hydrogens is 220 g/mol. The fraction of sp³-hybridized carbons (Fsp3) is 0.625. The molecule has 18 heavy (non-hydrogen) atoms. The summed E-state index contributed by atoms with van der Waals surface area (Å²) >= 11 is 0. The van der Waals surface area contributed by atoms with Crippen molar-refractivity contribution in [2.24, 2.45) is 5.92 Å². The van der Waals surface area contributed by atoms with Crippen LogP contribution in [0, 0.1) is 5.92 Å². The zero-order valence-electron chi connectivity index (χ0n) is 11.7. The van der Waals surface area contributed by atoms with Gasteiger partial charge in [0.2, 0.25) is 0 Å². The number of rotatable bonds is 5. The first kappa shape index (κ1) is 13.6. The highest BCUT2D eigenvalue weighted by Gasteiger charge is 2.18. The van der Waals surface area contributed by atoms with E-state index in [-0.39, 0.29) is 0 Å². The quantitative estimate of drug-likeness (QED) is 0.835. The van der Waals surface area contributed by atoms with Crippen molar-refractivity contribution in [3.63, 3.8) is 0 Å². The van der Waals surface area contributed by atoms with Crippen LogP contribution in [0.15, 0.2) is 24.3 Å². The lowest BCUT2D eigenvalue weighted by Crippen LogP contribution is -2.32. The predicted molar refractivity (Wildman–Crippen MR) is 77.8 cm³/mol. The molecule has 2 heteroatoms. The molecule has 1 aliphatic rings. The third-order valence-electron chi connectivity index (χ3n) is 4.11. The van der Waals surface area contributed by atoms with E-state index in [2.05, 4.69) is 48.9 Å². The first-order chi connectivity index (χ1) is 8.83. The SMILES string of the molecule is CCc1ccc(C(CC2CCCNC2)NC)cc1. The molecule has 1 fully saturated rings. The fourth-order valence-electron chi connectivity index (χ4n) is 2.86. The average molecular weight is 246 g/mol. The van der Waals surface area contributed by atoms with Gasteiger partial charge in [0.15, 0.2) is 0 Å². The molecule has 2 N–H and O–H groups in total. The normalized spacial score (nSPS) is 21.8. The summed E-state index contributed by atoms with van der Waals surface area (Å²) < 4.78 is 0. The van der Waals surface area contributed by atoms with Gasteiger partial charge in [-0.05, 0) is 62.9 Å². The smallest absolute Gasteiger partial charge is 0.0320 e. The van der Waals surface area contributed by atoms with Crippen LogP contribution in [0.1, 0.15) is 43.4 Å². The van der Waals surface area contributed by atoms with E-state index in [1.807, 2.05) is 0 Å². The first-order valence-corrected chi connectivity index (χ1v) is 7.30. The average Bonchev–Trinajstić information content (AvgIpc) is 2.46. The Labute approximate surface area is 111 Å². The molecule has 1 saturated heterocycles. The molecule has 2 unspecified atom stereocenters. The minimum absolute atomic E-state index is 0.501. The summed E-state index contributed by atoms with van der Waals surface area (Å²) in [5, 5.41) is 6.98. The first-order valence-electron chi connectivity index (χ1n) is 7.30. The van der Waals surface area contributed by atoms with E-state index < -0.39 is 0 Å². The van der Waals surface area contributed by atoms with Crippen molar-refractivity contribution in [1.29, 1.82) is 0 Å². The predicted octanol–water partition coefficient (Wildman–Crippen LogP) is 2.90. The van der Waals surface area contributed by atoms with Crippen molar-refractivity contribution in [2.75, 3.05) is 20.1 Å². The molecule has 1 aliphatic heterocycles. The van der Waals surface area contributed by atoms with Gasteiger partial charge in [-0.15, -0.1) is 0 Å². The molecule has 0 spiro atoms. The molecule has 0 bridgehead atoms. The van der Waals surface area contributed by atoms with E-state index in [4.69, 9.17) is 0 Å². The van der Waals surface area contributed by atoms with Gasteiger partial charge in [-0.1, -0.05) is 31.2 Å². The van der Waals surface area contributed by atoms with Crippen LogP contribution in [0.2, 0.25) is 0 Å². The third-order valence-corrected chi connectivity index (χ3v) is 4.11. The molecule has 2 rings (SSSR count). The van der Waals surface area contributed by atoms with Crippen molar-refractivity contribution in [2.45, 2.75) is 38.6 Å². The maximum absolute atomic E-state index is 3.51. The minimum Gasteiger partial charge on any atom is -0.316 e. The summed E-state index contributed by atoms with van der Waals surface area (Å²) in [6, 6.07) is 9.60. The van der Waals surface area contributed by atoms with Gasteiger partial charge >= 0.3 is 0 Å². The summed E-state index contributed by atoms with van der Waals surface area (Å²) in [5.41, 5.74) is 2.85. The van der Waals surface area contributed by atoms with Crippen LogP contribution in [0.3, 0.4) is 0 Å². The van der Waals surface area contributed by atoms with Gasteiger partial charge in [0, 0.05) is 6.04 Å². The maximum Gasteiger partial charge on any atom is 0.0320 e. The third kappa shape index (κ3) is 3.56. The maximum atomic E-state index is 3.51. The van der Waals surface area contributed by atoms with Crippen molar-refractivity contribution < 1.29 is 0 Å². The molecule has 1 aromatic carbocycles. The Morgan fingerprint density at radius 3 is 2.67 bits per heavy atom. The summed E-state index contributed by atoms with van der Waals surface area (Å²) in [7, 11) is 2.08. The second kappa shape index (κ2) is 6.91. The molecule has 0 amide bonds. The zero-order valence-corrected chi connectivity index (χ0v) is 11.7. The van der Waals surface area contributed by atoms with Gasteiger partial charge in [-0.3, -0.25) is 0 Å². The van der Waals surface area contributed by atoms with Crippen LogP contribution in [0.4, 0.5) is 0 Å². The summed E-state index contributed by atoms with van der Waals surface area (Å²) in [6.07, 6.45) is 5.07. The highest BCUT2D eigenvalue weighted by molar-refractivity contribution is 5.25. The summed E-state index contributed by atoms with van der Waals surface area (Å²) in [4.78, 5) is 0. The lowest BCUT2D eigenvalue weighted by Gasteiger charge is -2.27. The number of nitrogens with one attached hydrogen (secondary N) is 2. The van der Waals surface area contributed by atoms with Crippen LogP contribution in [-0.2, 0) is 6.42 Å². The molecule has 0 saturated carbocycles. The van der Waals surface area contributed by atoms with Crippen molar-refractivity contribution in [3.05, 3.63) is 35.4 Å². The molecule has 0 aromatic heterocycles. The molecular formula is C16H26N2. The van der Waals surface area contributed by atoms with Crippen LogP contribution in [0.5, 0.6) is 0 Å². The van der Waals surface area contributed by atoms with E-state index in [0.29, 0.717) is 6.04 Å². The Morgan fingerprint density at radius 2 is 2.11 bits per heavy atom. The number of hydrogen-bond donors (Lipinski definition) is 2. The van der Waals surface area contributed by atoms with Gasteiger partial charge in [0.25, 0.3) is 0 Å². The topological polar surface area (TPSA) is 24.1 Å². The van der Waals surface area contributed by atoms with Crippen LogP contribution in [-0.4, -0.2) is 20.1 Å². The van der Waals surface area contributed by atoms with Crippen LogP contribution < -0.4 is 10.6 Å². The van der Waals surface area contributed by atoms with Gasteiger partial charge in [-0.2, -0.15) is 0 Å². The van der Waals surface area contributed by atoms with Crippen molar-refractivity contribution in [3.8, 4) is 0 Å². The van der Waals surface area contributed by atoms with Gasteiger partial charge in [-0.25, -0.2) is 0 Å². The minimum atomic E-state index is 0.501. The highest BCUT2D eigenvalue weighted by atomic mass is 14.9. The molecule has 2 atom stereocenters. The Hall–Kier alpha value is -0.860. The lowest BCUT2D eigenvalue weighted by molar-refractivity contribution is 0.322. The van der Waals surface area contributed by atoms with E-state index in [1.165, 1.54) is 43.5 Å². The number of piperidine rings is 1. The number of aryl methyl sites for hydroxylation is 1. The molecule has 2 nitrogen and oxygen atoms in total. The Morgan fingerprint density at radius 1 is 1.33 bits per heavy atom. The van der Waals surface area contributed by atoms with E-state index in [9.17, 15) is 0 Å². The fourth-order valence-corrected chi connectivity index (χ4v) is 2.86. The lowest BCUT2D eigenvalue weighted by atomic mass is 9.89. The van der Waals surface area contributed by atoms with Crippen molar-refractivity contribution in [1.82, 2.24) is 10.6 Å². The molecule has 1 heterocycles. The second-order valence-electron chi connectivity index (χ2n) is 5.38. The van der Waals surface area contributed by atoms with E-state index in [0.717, 1.165) is 12.3 Å². The van der Waals surface area contributed by atoms with Gasteiger partial charge in [0.1, 0.15) is 0 Å². The Balaban J connectivity index is 1.97. The molecule has 1 aromatic rings. The molecule has 0 aliphatic carbocycles. The van der Waals surface area contributed by atoms with E-state index >= 15 is 0 Å². The summed E-state index contributed by atoms with van der Waals surface area (Å²) in [5.74, 6) is 0.821. The highest BCUT2D eigenvalue weighted by Crippen LogP contribution is 2.25. The van der Waals surface area contributed by atoms with Gasteiger partial charge < -0.3 is 10.6 Å². The number of hydrogen-bond acceptors (Lipinski definition) is 2. The monoisotopic (exact) mass is 246 g/mol. The van der Waals surface area contributed by atoms with E-state index in [1.54, 1.807) is 0 Å². The van der Waals surface area contributed by atoms with Crippen LogP contribution in [0.25, 0.3) is 0 Å². The van der Waals surface area contributed by atoms with Gasteiger partial charge in [0.05, 0.1) is 0 Å². The molecule has 100 valence electrons. The Kier molecular flexibility index (Phi) is 5.21. The van der Waals surface area contributed by atoms with Crippen LogP contribution >= 0.6 is 0 Å². The molecule has 0 radical (unpaired) electrons. The zero-order chi connectivity index (χ0) is 12.8. The van der Waals surface area contributed by atoms with Crippen molar-refractivity contribution >= 4 is 0 Å². The summed E-state index contributed by atoms with van der Waals surface area (Å²) in [6.45, 7) is 4.59. The Bertz CT molecular complexity index is 339.